The molecule has 2 aliphatic rings. The number of fused-ring (bicyclic) bond motifs is 1. The summed E-state index contributed by atoms with van der Waals surface area (Å²) < 4.78 is 19.6. The number of para-hydroxylation sites is 1. The van der Waals surface area contributed by atoms with Crippen molar-refractivity contribution in [3.05, 3.63) is 64.4 Å². The van der Waals surface area contributed by atoms with E-state index in [1.54, 1.807) is 30.3 Å². The Labute approximate surface area is 200 Å². The SMILES string of the molecule is NC(=O)C1c2ccccc2NN1CC(=O)NC1CCOC1CC(=O)NCc1cccc(Cl)c1F. The zero-order valence-electron chi connectivity index (χ0n) is 18.2. The van der Waals surface area contributed by atoms with Gasteiger partial charge in [0.2, 0.25) is 17.7 Å². The normalized spacial score (nSPS) is 21.5. The molecule has 1 fully saturated rings. The van der Waals surface area contributed by atoms with Gasteiger partial charge in [-0.05, 0) is 18.6 Å². The molecular weight excluding hydrogens is 465 g/mol. The first kappa shape index (κ1) is 23.9. The monoisotopic (exact) mass is 489 g/mol. The Balaban J connectivity index is 1.29. The van der Waals surface area contributed by atoms with Crippen LogP contribution in [0.15, 0.2) is 42.5 Å². The third-order valence-corrected chi connectivity index (χ3v) is 6.16. The number of carbonyl (C=O) groups is 3. The van der Waals surface area contributed by atoms with E-state index >= 15 is 0 Å². The maximum absolute atomic E-state index is 14.0. The number of nitrogens with one attached hydrogen (secondary N) is 3. The van der Waals surface area contributed by atoms with Crippen LogP contribution in [0, 0.1) is 5.82 Å². The number of hydrazine groups is 1. The third-order valence-electron chi connectivity index (χ3n) is 5.86. The quantitative estimate of drug-likeness (QED) is 0.446. The Hall–Kier alpha value is -3.21. The Morgan fingerprint density at radius 3 is 2.76 bits per heavy atom. The van der Waals surface area contributed by atoms with Crippen LogP contribution in [0.4, 0.5) is 10.1 Å². The minimum absolute atomic E-state index is 0.00441. The lowest BCUT2D eigenvalue weighted by Gasteiger charge is -2.24. The van der Waals surface area contributed by atoms with Crippen LogP contribution in [0.25, 0.3) is 0 Å². The van der Waals surface area contributed by atoms with Crippen molar-refractivity contribution in [2.45, 2.75) is 37.6 Å². The summed E-state index contributed by atoms with van der Waals surface area (Å²) in [7, 11) is 0. The van der Waals surface area contributed by atoms with Crippen molar-refractivity contribution in [3.63, 3.8) is 0 Å². The number of halogens is 2. The van der Waals surface area contributed by atoms with E-state index in [-0.39, 0.29) is 48.0 Å². The van der Waals surface area contributed by atoms with Crippen LogP contribution in [0.3, 0.4) is 0 Å². The fourth-order valence-electron chi connectivity index (χ4n) is 4.22. The van der Waals surface area contributed by atoms with Gasteiger partial charge in [-0.25, -0.2) is 4.39 Å². The Kier molecular flexibility index (Phi) is 7.30. The lowest BCUT2D eigenvalue weighted by Crippen LogP contribution is -2.48. The van der Waals surface area contributed by atoms with Crippen molar-refractivity contribution in [3.8, 4) is 0 Å². The summed E-state index contributed by atoms with van der Waals surface area (Å²) in [6, 6.07) is 10.6. The summed E-state index contributed by atoms with van der Waals surface area (Å²) in [6.45, 7) is 0.263. The number of nitrogens with two attached hydrogens (primary N) is 1. The molecule has 180 valence electrons. The molecule has 0 aliphatic carbocycles. The van der Waals surface area contributed by atoms with Crippen molar-refractivity contribution in [1.29, 1.82) is 0 Å². The second-order valence-corrected chi connectivity index (χ2v) is 8.60. The van der Waals surface area contributed by atoms with Gasteiger partial charge in [-0.1, -0.05) is 41.9 Å². The minimum Gasteiger partial charge on any atom is -0.375 e. The number of rotatable bonds is 8. The molecule has 2 heterocycles. The van der Waals surface area contributed by atoms with E-state index in [0.717, 1.165) is 0 Å². The van der Waals surface area contributed by atoms with E-state index in [2.05, 4.69) is 16.1 Å². The topological polar surface area (TPSA) is 126 Å². The fraction of sp³-hybridized carbons (Fsp3) is 0.348. The molecule has 2 aromatic carbocycles. The Morgan fingerprint density at radius 1 is 1.18 bits per heavy atom. The van der Waals surface area contributed by atoms with E-state index in [1.165, 1.54) is 11.1 Å². The molecule has 2 aromatic rings. The highest BCUT2D eigenvalue weighted by Gasteiger charge is 2.37. The molecule has 3 amide bonds. The van der Waals surface area contributed by atoms with E-state index < -0.39 is 23.9 Å². The zero-order chi connectivity index (χ0) is 24.2. The summed E-state index contributed by atoms with van der Waals surface area (Å²) in [5.74, 6) is -1.82. The van der Waals surface area contributed by atoms with Gasteiger partial charge in [0.15, 0.2) is 0 Å². The molecule has 0 spiro atoms. The van der Waals surface area contributed by atoms with Crippen molar-refractivity contribution >= 4 is 35.0 Å². The predicted molar refractivity (Wildman–Crippen MR) is 123 cm³/mol. The summed E-state index contributed by atoms with van der Waals surface area (Å²) in [6.07, 6.45) is 0.0214. The maximum atomic E-state index is 14.0. The van der Waals surface area contributed by atoms with E-state index in [4.69, 9.17) is 22.1 Å². The van der Waals surface area contributed by atoms with Crippen LogP contribution < -0.4 is 21.8 Å². The van der Waals surface area contributed by atoms with E-state index in [1.807, 2.05) is 6.07 Å². The van der Waals surface area contributed by atoms with Gasteiger partial charge in [0, 0.05) is 24.3 Å². The van der Waals surface area contributed by atoms with Crippen molar-refractivity contribution in [1.82, 2.24) is 15.6 Å². The summed E-state index contributed by atoms with van der Waals surface area (Å²) >= 11 is 5.77. The first-order chi connectivity index (χ1) is 16.3. The predicted octanol–water partition coefficient (Wildman–Crippen LogP) is 1.63. The van der Waals surface area contributed by atoms with Crippen LogP contribution in [0.2, 0.25) is 5.02 Å². The second-order valence-electron chi connectivity index (χ2n) is 8.20. The number of anilines is 1. The molecule has 5 N–H and O–H groups in total. The number of hydrogen-bond donors (Lipinski definition) is 4. The Morgan fingerprint density at radius 2 is 1.97 bits per heavy atom. The Bertz CT molecular complexity index is 1100. The molecule has 3 unspecified atom stereocenters. The molecule has 2 aliphatic heterocycles. The maximum Gasteiger partial charge on any atom is 0.241 e. The summed E-state index contributed by atoms with van der Waals surface area (Å²) in [5.41, 5.74) is 10.3. The zero-order valence-corrected chi connectivity index (χ0v) is 19.0. The summed E-state index contributed by atoms with van der Waals surface area (Å²) in [4.78, 5) is 37.1. The average Bonchev–Trinajstić information content (AvgIpc) is 3.38. The molecule has 34 heavy (non-hydrogen) atoms. The molecule has 0 bridgehead atoms. The number of ether oxygens (including phenoxy) is 1. The first-order valence-corrected chi connectivity index (χ1v) is 11.2. The van der Waals surface area contributed by atoms with Crippen LogP contribution in [-0.4, -0.2) is 48.0 Å². The van der Waals surface area contributed by atoms with Gasteiger partial charge >= 0.3 is 0 Å². The number of nitrogens with zero attached hydrogens (tertiary/aromatic N) is 1. The van der Waals surface area contributed by atoms with Gasteiger partial charge < -0.3 is 26.5 Å². The minimum atomic E-state index is -0.768. The fourth-order valence-corrected chi connectivity index (χ4v) is 4.41. The van der Waals surface area contributed by atoms with Crippen LogP contribution in [0.5, 0.6) is 0 Å². The van der Waals surface area contributed by atoms with Crippen LogP contribution in [0.1, 0.15) is 30.0 Å². The number of primary amides is 1. The van der Waals surface area contributed by atoms with Gasteiger partial charge in [0.1, 0.15) is 11.9 Å². The molecule has 3 atom stereocenters. The largest absolute Gasteiger partial charge is 0.375 e. The van der Waals surface area contributed by atoms with Gasteiger partial charge in [0.05, 0.1) is 35.8 Å². The van der Waals surface area contributed by atoms with E-state index in [9.17, 15) is 18.8 Å². The lowest BCUT2D eigenvalue weighted by molar-refractivity contribution is -0.128. The van der Waals surface area contributed by atoms with Gasteiger partial charge in [-0.2, -0.15) is 5.01 Å². The van der Waals surface area contributed by atoms with Gasteiger partial charge in [-0.3, -0.25) is 14.4 Å². The van der Waals surface area contributed by atoms with Gasteiger partial charge in [0.25, 0.3) is 0 Å². The molecular formula is C23H25ClFN5O4. The highest BCUT2D eigenvalue weighted by atomic mass is 35.5. The molecule has 11 heteroatoms. The van der Waals surface area contributed by atoms with Crippen LogP contribution >= 0.6 is 11.6 Å². The number of hydrogen-bond acceptors (Lipinski definition) is 6. The standard InChI is InChI=1S/C23H25ClFN5O4/c24-15-6-3-4-13(21(15)25)11-27-19(31)10-18-17(8-9-34-18)28-20(32)12-30-22(23(26)33)14-5-1-2-7-16(14)29-30/h1-7,17-18,22,29H,8-12H2,(H2,26,33)(H,27,31)(H,28,32). The average molecular weight is 490 g/mol. The molecule has 9 nitrogen and oxygen atoms in total. The van der Waals surface area contributed by atoms with Gasteiger partial charge in [-0.15, -0.1) is 0 Å². The van der Waals surface area contributed by atoms with E-state index in [0.29, 0.717) is 24.3 Å². The molecule has 4 rings (SSSR count). The smallest absolute Gasteiger partial charge is 0.241 e. The first-order valence-electron chi connectivity index (χ1n) is 10.9. The number of amides is 3. The highest BCUT2D eigenvalue weighted by Crippen LogP contribution is 2.34. The summed E-state index contributed by atoms with van der Waals surface area (Å²) in [5, 5.41) is 7.01. The highest BCUT2D eigenvalue weighted by molar-refractivity contribution is 6.30. The number of carbonyl (C=O) groups excluding carboxylic acids is 3. The van der Waals surface area contributed by atoms with Crippen LogP contribution in [-0.2, 0) is 25.7 Å². The van der Waals surface area contributed by atoms with Crippen molar-refractivity contribution < 1.29 is 23.5 Å². The van der Waals surface area contributed by atoms with Crippen molar-refractivity contribution in [2.24, 2.45) is 5.73 Å². The lowest BCUT2D eigenvalue weighted by atomic mass is 10.1. The molecule has 1 saturated heterocycles. The third kappa shape index (κ3) is 5.30. The molecule has 0 saturated carbocycles. The van der Waals surface area contributed by atoms with Crippen molar-refractivity contribution in [2.75, 3.05) is 18.6 Å². The second kappa shape index (κ2) is 10.4. The molecule has 0 aromatic heterocycles. The molecule has 0 radical (unpaired) electrons. The number of benzene rings is 2.